The van der Waals surface area contributed by atoms with Crippen LogP contribution < -0.4 is 10.6 Å². The van der Waals surface area contributed by atoms with Crippen LogP contribution >= 0.6 is 0 Å². The number of benzene rings is 2. The summed E-state index contributed by atoms with van der Waals surface area (Å²) in [6.45, 7) is 5.80. The average molecular weight is 723 g/mol. The van der Waals surface area contributed by atoms with Crippen LogP contribution in [0.25, 0.3) is 11.0 Å². The topological polar surface area (TPSA) is 190 Å². The monoisotopic (exact) mass is 722 g/mol. The van der Waals surface area contributed by atoms with E-state index in [1.165, 1.54) is 24.3 Å². The van der Waals surface area contributed by atoms with Gasteiger partial charge in [-0.1, -0.05) is 25.1 Å². The number of halogens is 1. The Hall–Kier alpha value is -5.06. The zero-order chi connectivity index (χ0) is 36.9. The van der Waals surface area contributed by atoms with Crippen LogP contribution in [0.1, 0.15) is 72.8 Å². The van der Waals surface area contributed by atoms with Crippen LogP contribution in [0, 0.1) is 15.9 Å². The van der Waals surface area contributed by atoms with Gasteiger partial charge in [-0.2, -0.15) is 0 Å². The Labute approximate surface area is 299 Å². The Morgan fingerprint density at radius 2 is 1.63 bits per heavy atom. The Morgan fingerprint density at radius 3 is 2.31 bits per heavy atom. The fraction of sp³-hybridized carbons (Fsp3) is 0.472. The molecule has 1 atom stereocenters. The second kappa shape index (κ2) is 18.4. The van der Waals surface area contributed by atoms with Gasteiger partial charge >= 0.3 is 11.7 Å². The van der Waals surface area contributed by atoms with E-state index in [-0.39, 0.29) is 60.9 Å². The van der Waals surface area contributed by atoms with E-state index < -0.39 is 22.3 Å². The van der Waals surface area contributed by atoms with E-state index in [1.54, 1.807) is 32.0 Å². The predicted molar refractivity (Wildman–Crippen MR) is 187 cm³/mol. The van der Waals surface area contributed by atoms with Gasteiger partial charge in [-0.15, -0.1) is 0 Å². The minimum atomic E-state index is -1.33. The molecule has 0 radical (unpaired) electrons. The summed E-state index contributed by atoms with van der Waals surface area (Å²) in [6, 6.07) is 12.7. The van der Waals surface area contributed by atoms with E-state index >= 15 is 0 Å². The Balaban J connectivity index is 1.04. The predicted octanol–water partition coefficient (Wildman–Crippen LogP) is 5.13. The summed E-state index contributed by atoms with van der Waals surface area (Å²) >= 11 is 0. The number of hydrogen-bond donors (Lipinski definition) is 2. The van der Waals surface area contributed by atoms with Gasteiger partial charge in [-0.05, 0) is 77.8 Å². The first-order valence-corrected chi connectivity index (χ1v) is 17.4. The number of hydrogen-bond acceptors (Lipinski definition) is 13. The highest BCUT2D eigenvalue weighted by atomic mass is 19.1. The second-order valence-electron chi connectivity index (χ2n) is 12.3. The number of carbonyl (C=O) groups is 2. The first-order chi connectivity index (χ1) is 25.2. The molecule has 1 saturated carbocycles. The molecule has 4 aromatic rings. The van der Waals surface area contributed by atoms with Crippen molar-refractivity contribution in [2.24, 2.45) is 0 Å². The molecule has 5 rings (SSSR count). The van der Waals surface area contributed by atoms with E-state index in [9.17, 15) is 24.1 Å². The lowest BCUT2D eigenvalue weighted by Crippen LogP contribution is -2.55. The molecule has 52 heavy (non-hydrogen) atoms. The van der Waals surface area contributed by atoms with E-state index in [0.29, 0.717) is 51.0 Å². The Bertz CT molecular complexity index is 1820. The zero-order valence-corrected chi connectivity index (χ0v) is 29.2. The van der Waals surface area contributed by atoms with Crippen molar-refractivity contribution < 1.29 is 42.5 Å². The van der Waals surface area contributed by atoms with Gasteiger partial charge in [0, 0.05) is 37.8 Å². The number of nitrogens with one attached hydrogen (secondary N) is 2. The van der Waals surface area contributed by atoms with Crippen molar-refractivity contribution in [1.29, 1.82) is 0 Å². The maximum Gasteiger partial charge on any atom is 0.331 e. The van der Waals surface area contributed by atoms with E-state index in [2.05, 4.69) is 25.6 Å². The third-order valence-corrected chi connectivity index (χ3v) is 8.74. The summed E-state index contributed by atoms with van der Waals surface area (Å²) in [6.07, 6.45) is 3.03. The largest absolute Gasteiger partial charge is 0.464 e. The van der Waals surface area contributed by atoms with Crippen LogP contribution in [0.3, 0.4) is 0 Å². The summed E-state index contributed by atoms with van der Waals surface area (Å²) in [4.78, 5) is 42.1. The molecular formula is C36H43FN6O9. The van der Waals surface area contributed by atoms with Gasteiger partial charge in [-0.3, -0.25) is 14.9 Å². The second-order valence-corrected chi connectivity index (χ2v) is 12.3. The number of esters is 1. The maximum absolute atomic E-state index is 13.6. The molecule has 2 N–H and O–H groups in total. The van der Waals surface area contributed by atoms with Crippen LogP contribution in [0.15, 0.2) is 53.2 Å². The van der Waals surface area contributed by atoms with Gasteiger partial charge in [0.15, 0.2) is 5.52 Å². The minimum Gasteiger partial charge on any atom is -0.464 e. The molecular weight excluding hydrogens is 679 g/mol. The number of pyridine rings is 1. The van der Waals surface area contributed by atoms with Crippen molar-refractivity contribution in [2.75, 3.05) is 58.1 Å². The van der Waals surface area contributed by atoms with Gasteiger partial charge in [-0.25, -0.2) is 18.8 Å². The van der Waals surface area contributed by atoms with E-state index in [1.807, 2.05) is 6.07 Å². The highest BCUT2D eigenvalue weighted by Gasteiger charge is 2.40. The molecule has 0 saturated heterocycles. The summed E-state index contributed by atoms with van der Waals surface area (Å²) in [5.41, 5.74) is 2.28. The summed E-state index contributed by atoms with van der Waals surface area (Å²) < 4.78 is 40.4. The van der Waals surface area contributed by atoms with Crippen molar-refractivity contribution in [2.45, 2.75) is 57.4 Å². The molecule has 16 heteroatoms. The Kier molecular flexibility index (Phi) is 13.5. The van der Waals surface area contributed by atoms with Crippen molar-refractivity contribution in [3.8, 4) is 0 Å². The van der Waals surface area contributed by atoms with E-state index in [0.717, 1.165) is 29.7 Å². The number of ether oxygens (including phenoxy) is 4. The molecule has 1 amide bonds. The number of fused-ring (bicyclic) bond motifs is 1. The van der Waals surface area contributed by atoms with Crippen LogP contribution in [0.5, 0.6) is 0 Å². The Morgan fingerprint density at radius 1 is 0.942 bits per heavy atom. The van der Waals surface area contributed by atoms with Gasteiger partial charge in [0.25, 0.3) is 5.91 Å². The molecule has 278 valence electrons. The molecule has 0 bridgehead atoms. The fourth-order valence-electron chi connectivity index (χ4n) is 5.71. The molecule has 0 unspecified atom stereocenters. The smallest absolute Gasteiger partial charge is 0.331 e. The number of aromatic nitrogens is 3. The standard InChI is InChI=1S/C36H43FN6O9/c1-3-36(35(45)51-4-2,40-34(44)29-12-11-27(25-7-8-25)30(39-29)23-24-5-9-26(37)10-6-24)15-17-48-19-21-50-22-20-49-18-16-38-28-13-14-31(43(46)47)33-32(28)41-52-42-33/h5-6,9-14,25,38H,3-4,7-8,15-23H2,1-2H3,(H,40,44)/t36-/m1/s1. The molecule has 0 aliphatic heterocycles. The van der Waals surface area contributed by atoms with Crippen LogP contribution in [-0.4, -0.2) is 90.4 Å². The number of nitrogens with zero attached hydrogens (tertiary/aromatic N) is 4. The van der Waals surface area contributed by atoms with Crippen LogP contribution in [0.2, 0.25) is 0 Å². The minimum absolute atomic E-state index is 0.0681. The lowest BCUT2D eigenvalue weighted by atomic mass is 9.91. The highest BCUT2D eigenvalue weighted by Crippen LogP contribution is 2.41. The lowest BCUT2D eigenvalue weighted by Gasteiger charge is -2.31. The van der Waals surface area contributed by atoms with Crippen molar-refractivity contribution in [1.82, 2.24) is 20.6 Å². The summed E-state index contributed by atoms with van der Waals surface area (Å²) in [7, 11) is 0. The zero-order valence-electron chi connectivity index (χ0n) is 29.2. The third kappa shape index (κ3) is 10.0. The number of carbonyl (C=O) groups excluding carboxylic acids is 2. The van der Waals surface area contributed by atoms with Crippen LogP contribution in [0.4, 0.5) is 15.8 Å². The molecule has 2 aromatic heterocycles. The van der Waals surface area contributed by atoms with Gasteiger partial charge in [0.1, 0.15) is 17.1 Å². The molecule has 1 aliphatic carbocycles. The number of rotatable bonds is 22. The molecule has 0 spiro atoms. The van der Waals surface area contributed by atoms with Crippen molar-refractivity contribution in [3.63, 3.8) is 0 Å². The van der Waals surface area contributed by atoms with Gasteiger partial charge < -0.3 is 29.6 Å². The van der Waals surface area contributed by atoms with Crippen molar-refractivity contribution >= 4 is 34.3 Å². The third-order valence-electron chi connectivity index (χ3n) is 8.74. The maximum atomic E-state index is 13.6. The first-order valence-electron chi connectivity index (χ1n) is 17.4. The molecule has 1 aliphatic rings. The summed E-state index contributed by atoms with van der Waals surface area (Å²) in [5.74, 6) is -0.962. The van der Waals surface area contributed by atoms with Gasteiger partial charge in [0.05, 0.1) is 50.3 Å². The van der Waals surface area contributed by atoms with E-state index in [4.69, 9.17) is 23.9 Å². The number of non-ortho nitro benzene ring substituents is 1. The number of anilines is 1. The molecule has 2 heterocycles. The number of nitro groups is 1. The van der Waals surface area contributed by atoms with Crippen LogP contribution in [-0.2, 0) is 30.2 Å². The lowest BCUT2D eigenvalue weighted by molar-refractivity contribution is -0.383. The summed E-state index contributed by atoms with van der Waals surface area (Å²) in [5, 5.41) is 24.5. The highest BCUT2D eigenvalue weighted by molar-refractivity contribution is 5.97. The normalized spacial score (nSPS) is 13.8. The molecule has 15 nitrogen and oxygen atoms in total. The quantitative estimate of drug-likeness (QED) is 0.0471. The average Bonchev–Trinajstić information content (AvgIpc) is 3.87. The first kappa shape index (κ1) is 38.2. The van der Waals surface area contributed by atoms with Crippen molar-refractivity contribution in [3.05, 3.63) is 87.0 Å². The van der Waals surface area contributed by atoms with Gasteiger partial charge in [0.2, 0.25) is 5.52 Å². The molecule has 2 aromatic carbocycles. The SMILES string of the molecule is CCOC(=O)[C@@](CC)(CCOCCOCCOCCNc1ccc([N+](=O)[O-])c2nonc12)NC(=O)c1ccc(C2CC2)c(Cc2ccc(F)cc2)n1. The fourth-order valence-corrected chi connectivity index (χ4v) is 5.71. The molecule has 1 fully saturated rings. The number of amides is 1. The number of nitro benzene ring substituents is 1.